The number of hydrogen-bond donors (Lipinski definition) is 1. The highest BCUT2D eigenvalue weighted by Crippen LogP contribution is 2.22. The Morgan fingerprint density at radius 1 is 1.47 bits per heavy atom. The Morgan fingerprint density at radius 2 is 2.13 bits per heavy atom. The van der Waals surface area contributed by atoms with E-state index in [0.29, 0.717) is 6.04 Å². The first-order chi connectivity index (χ1) is 7.07. The van der Waals surface area contributed by atoms with Gasteiger partial charge in [-0.1, -0.05) is 6.92 Å². The maximum Gasteiger partial charge on any atom is 0.0738 e. The zero-order valence-electron chi connectivity index (χ0n) is 9.97. The summed E-state index contributed by atoms with van der Waals surface area (Å²) in [6, 6.07) is 0.404. The molecular formula is C11H20BrN3. The number of aryl methyl sites for hydroxylation is 1. The van der Waals surface area contributed by atoms with Gasteiger partial charge >= 0.3 is 0 Å². The normalized spacial score (nSPS) is 13.1. The molecule has 15 heavy (non-hydrogen) atoms. The van der Waals surface area contributed by atoms with Gasteiger partial charge in [0.1, 0.15) is 0 Å². The highest BCUT2D eigenvalue weighted by molar-refractivity contribution is 9.10. The molecule has 0 fully saturated rings. The lowest BCUT2D eigenvalue weighted by Crippen LogP contribution is -2.25. The largest absolute Gasteiger partial charge is 0.315 e. The second kappa shape index (κ2) is 5.66. The van der Waals surface area contributed by atoms with Gasteiger partial charge in [0.2, 0.25) is 0 Å². The monoisotopic (exact) mass is 273 g/mol. The second-order valence-electron chi connectivity index (χ2n) is 3.98. The zero-order chi connectivity index (χ0) is 11.4. The summed E-state index contributed by atoms with van der Waals surface area (Å²) in [6.07, 6.45) is 1.17. The molecule has 1 aromatic heterocycles. The third-order valence-electron chi connectivity index (χ3n) is 2.52. The van der Waals surface area contributed by atoms with Crippen LogP contribution in [-0.2, 0) is 0 Å². The van der Waals surface area contributed by atoms with E-state index >= 15 is 0 Å². The molecule has 1 heterocycles. The SMILES string of the molecule is CCCNCC(C)n1nc(C)c(Br)c1C. The number of halogens is 1. The van der Waals surface area contributed by atoms with Crippen molar-refractivity contribution in [2.75, 3.05) is 13.1 Å². The second-order valence-corrected chi connectivity index (χ2v) is 4.78. The highest BCUT2D eigenvalue weighted by atomic mass is 79.9. The molecule has 0 radical (unpaired) electrons. The van der Waals surface area contributed by atoms with E-state index in [1.165, 1.54) is 12.1 Å². The molecule has 4 heteroatoms. The number of nitrogens with one attached hydrogen (secondary N) is 1. The first-order valence-corrected chi connectivity index (χ1v) is 6.29. The molecule has 1 unspecified atom stereocenters. The van der Waals surface area contributed by atoms with E-state index in [-0.39, 0.29) is 0 Å². The summed E-state index contributed by atoms with van der Waals surface area (Å²) in [5.41, 5.74) is 2.27. The van der Waals surface area contributed by atoms with Gasteiger partial charge in [0, 0.05) is 6.54 Å². The minimum absolute atomic E-state index is 0.404. The quantitative estimate of drug-likeness (QED) is 0.837. The third-order valence-corrected chi connectivity index (χ3v) is 3.67. The van der Waals surface area contributed by atoms with Gasteiger partial charge in [-0.3, -0.25) is 4.68 Å². The molecule has 0 aliphatic rings. The summed E-state index contributed by atoms with van der Waals surface area (Å²) in [4.78, 5) is 0. The summed E-state index contributed by atoms with van der Waals surface area (Å²) in [6.45, 7) is 10.5. The number of nitrogens with zero attached hydrogens (tertiary/aromatic N) is 2. The summed E-state index contributed by atoms with van der Waals surface area (Å²) in [5.74, 6) is 0. The smallest absolute Gasteiger partial charge is 0.0738 e. The Balaban J connectivity index is 2.65. The molecule has 0 saturated heterocycles. The molecule has 0 spiro atoms. The van der Waals surface area contributed by atoms with Gasteiger partial charge in [0.05, 0.1) is 21.9 Å². The molecule has 3 nitrogen and oxygen atoms in total. The predicted molar refractivity (Wildman–Crippen MR) is 67.3 cm³/mol. The standard InChI is InChI=1S/C11H20BrN3/c1-5-6-13-7-8(2)15-10(4)11(12)9(3)14-15/h8,13H,5-7H2,1-4H3. The van der Waals surface area contributed by atoms with Crippen molar-refractivity contribution in [2.24, 2.45) is 0 Å². The van der Waals surface area contributed by atoms with Crippen LogP contribution in [0.3, 0.4) is 0 Å². The van der Waals surface area contributed by atoms with E-state index in [0.717, 1.165) is 23.3 Å². The Kier molecular flexibility index (Phi) is 4.80. The summed E-state index contributed by atoms with van der Waals surface area (Å²) in [5, 5.41) is 7.93. The number of hydrogen-bond acceptors (Lipinski definition) is 2. The molecule has 1 N–H and O–H groups in total. The van der Waals surface area contributed by atoms with Crippen molar-refractivity contribution in [2.45, 2.75) is 40.2 Å². The van der Waals surface area contributed by atoms with Gasteiger partial charge in [0.25, 0.3) is 0 Å². The van der Waals surface area contributed by atoms with Gasteiger partial charge in [-0.15, -0.1) is 0 Å². The fourth-order valence-corrected chi connectivity index (χ4v) is 1.91. The Bertz CT molecular complexity index is 320. The topological polar surface area (TPSA) is 29.9 Å². The van der Waals surface area contributed by atoms with Gasteiger partial charge < -0.3 is 5.32 Å². The van der Waals surface area contributed by atoms with Crippen LogP contribution < -0.4 is 5.32 Å². The molecule has 0 saturated carbocycles. The van der Waals surface area contributed by atoms with E-state index in [2.05, 4.69) is 51.8 Å². The average Bonchev–Trinajstić information content (AvgIpc) is 2.46. The Morgan fingerprint density at radius 3 is 2.60 bits per heavy atom. The van der Waals surface area contributed by atoms with E-state index in [1.54, 1.807) is 0 Å². The lowest BCUT2D eigenvalue weighted by molar-refractivity contribution is 0.444. The zero-order valence-corrected chi connectivity index (χ0v) is 11.6. The Hall–Kier alpha value is -0.350. The summed E-state index contributed by atoms with van der Waals surface area (Å²) >= 11 is 3.55. The lowest BCUT2D eigenvalue weighted by Gasteiger charge is -2.14. The van der Waals surface area contributed by atoms with Gasteiger partial charge in [0.15, 0.2) is 0 Å². The summed E-state index contributed by atoms with van der Waals surface area (Å²) in [7, 11) is 0. The van der Waals surface area contributed by atoms with Gasteiger partial charge in [-0.2, -0.15) is 5.10 Å². The Labute approximate surface area is 100 Å². The maximum atomic E-state index is 4.52. The van der Waals surface area contributed by atoms with Crippen molar-refractivity contribution in [1.29, 1.82) is 0 Å². The van der Waals surface area contributed by atoms with Crippen molar-refractivity contribution >= 4 is 15.9 Å². The molecule has 0 aliphatic carbocycles. The number of aromatic nitrogens is 2. The van der Waals surface area contributed by atoms with Crippen molar-refractivity contribution in [3.05, 3.63) is 15.9 Å². The molecule has 0 aliphatic heterocycles. The van der Waals surface area contributed by atoms with Crippen molar-refractivity contribution < 1.29 is 0 Å². The fraction of sp³-hybridized carbons (Fsp3) is 0.727. The molecule has 0 amide bonds. The third kappa shape index (κ3) is 3.05. The van der Waals surface area contributed by atoms with Crippen LogP contribution in [-0.4, -0.2) is 22.9 Å². The molecule has 1 aromatic rings. The van der Waals surface area contributed by atoms with Gasteiger partial charge in [-0.05, 0) is 49.7 Å². The predicted octanol–water partition coefficient (Wildman–Crippen LogP) is 2.82. The van der Waals surface area contributed by atoms with Crippen LogP contribution in [0.25, 0.3) is 0 Å². The van der Waals surface area contributed by atoms with Crippen LogP contribution in [0.15, 0.2) is 4.47 Å². The fourth-order valence-electron chi connectivity index (χ4n) is 1.65. The van der Waals surface area contributed by atoms with Crippen LogP contribution >= 0.6 is 15.9 Å². The van der Waals surface area contributed by atoms with Gasteiger partial charge in [-0.25, -0.2) is 0 Å². The van der Waals surface area contributed by atoms with Crippen LogP contribution in [0.1, 0.15) is 37.7 Å². The minimum Gasteiger partial charge on any atom is -0.315 e. The molecule has 0 aromatic carbocycles. The van der Waals surface area contributed by atoms with Crippen LogP contribution in [0, 0.1) is 13.8 Å². The summed E-state index contributed by atoms with van der Waals surface area (Å²) < 4.78 is 3.21. The molecule has 86 valence electrons. The first kappa shape index (κ1) is 12.7. The first-order valence-electron chi connectivity index (χ1n) is 5.49. The van der Waals surface area contributed by atoms with Crippen molar-refractivity contribution in [3.8, 4) is 0 Å². The maximum absolute atomic E-state index is 4.52. The molecule has 1 rings (SSSR count). The lowest BCUT2D eigenvalue weighted by atomic mass is 10.3. The highest BCUT2D eigenvalue weighted by Gasteiger charge is 2.13. The van der Waals surface area contributed by atoms with E-state index in [4.69, 9.17) is 0 Å². The van der Waals surface area contributed by atoms with Crippen LogP contribution in [0.2, 0.25) is 0 Å². The van der Waals surface area contributed by atoms with Crippen LogP contribution in [0.5, 0.6) is 0 Å². The van der Waals surface area contributed by atoms with Crippen molar-refractivity contribution in [1.82, 2.24) is 15.1 Å². The minimum atomic E-state index is 0.404. The molecule has 1 atom stereocenters. The van der Waals surface area contributed by atoms with Crippen LogP contribution in [0.4, 0.5) is 0 Å². The van der Waals surface area contributed by atoms with E-state index < -0.39 is 0 Å². The number of rotatable bonds is 5. The van der Waals surface area contributed by atoms with Crippen molar-refractivity contribution in [3.63, 3.8) is 0 Å². The molecule has 0 bridgehead atoms. The molecular weight excluding hydrogens is 254 g/mol. The van der Waals surface area contributed by atoms with E-state index in [9.17, 15) is 0 Å². The van der Waals surface area contributed by atoms with E-state index in [1.807, 2.05) is 6.92 Å². The average molecular weight is 274 g/mol.